The topological polar surface area (TPSA) is 37.9 Å². The van der Waals surface area contributed by atoms with Gasteiger partial charge in [-0.15, -0.1) is 0 Å². The number of aromatic amines is 1. The number of aromatic nitrogens is 2. The summed E-state index contributed by atoms with van der Waals surface area (Å²) in [4.78, 5) is 7.96. The molecule has 1 aromatic heterocycles. The van der Waals surface area contributed by atoms with Gasteiger partial charge in [-0.25, -0.2) is 4.98 Å². The minimum Gasteiger partial charge on any atom is -0.496 e. The largest absolute Gasteiger partial charge is 0.496 e. The van der Waals surface area contributed by atoms with E-state index in [-0.39, 0.29) is 0 Å². The van der Waals surface area contributed by atoms with Crippen LogP contribution < -0.4 is 4.74 Å². The van der Waals surface area contributed by atoms with E-state index in [1.807, 2.05) is 19.1 Å². The molecule has 0 unspecified atom stereocenters. The molecule has 3 rings (SSSR count). The van der Waals surface area contributed by atoms with Crippen LogP contribution >= 0.6 is 12.2 Å². The Morgan fingerprint density at radius 1 is 1.32 bits per heavy atom. The molecule has 1 aromatic carbocycles. The molecule has 0 saturated carbocycles. The third-order valence-corrected chi connectivity index (χ3v) is 3.96. The number of H-pyrrole nitrogens is 1. The van der Waals surface area contributed by atoms with Gasteiger partial charge >= 0.3 is 0 Å². The van der Waals surface area contributed by atoms with Gasteiger partial charge < -0.3 is 9.72 Å². The van der Waals surface area contributed by atoms with E-state index < -0.39 is 0 Å². The number of ether oxygens (including phenoxy) is 1. The molecule has 98 valence electrons. The monoisotopic (exact) mass is 272 g/mol. The summed E-state index contributed by atoms with van der Waals surface area (Å²) in [6.07, 6.45) is 3.30. The molecule has 0 spiro atoms. The van der Waals surface area contributed by atoms with Crippen LogP contribution in [0.1, 0.15) is 23.2 Å². The van der Waals surface area contributed by atoms with Crippen LogP contribution in [0.25, 0.3) is 11.4 Å². The van der Waals surface area contributed by atoms with Crippen LogP contribution in [0.2, 0.25) is 0 Å². The van der Waals surface area contributed by atoms with Crippen LogP contribution in [0.15, 0.2) is 18.2 Å². The van der Waals surface area contributed by atoms with Crippen molar-refractivity contribution in [2.24, 2.45) is 0 Å². The summed E-state index contributed by atoms with van der Waals surface area (Å²) in [5.41, 5.74) is 4.63. The normalized spacial score (nSPS) is 13.4. The fourth-order valence-corrected chi connectivity index (χ4v) is 2.94. The standard InChI is InChI=1S/C15H16N2OS/c1-9-8-10(6-7-13(9)18-2)14-16-12-5-3-4-11(12)15(19)17-14/h6-8H,3-5H2,1-2H3,(H,16,17,19). The van der Waals surface area contributed by atoms with Crippen LogP contribution in [0.5, 0.6) is 5.75 Å². The van der Waals surface area contributed by atoms with Crippen molar-refractivity contribution in [2.45, 2.75) is 26.2 Å². The highest BCUT2D eigenvalue weighted by Crippen LogP contribution is 2.27. The number of rotatable bonds is 2. The molecule has 1 N–H and O–H groups in total. The van der Waals surface area contributed by atoms with Gasteiger partial charge in [-0.2, -0.15) is 0 Å². The zero-order valence-electron chi connectivity index (χ0n) is 11.1. The summed E-state index contributed by atoms with van der Waals surface area (Å²) in [6, 6.07) is 6.06. The second-order valence-corrected chi connectivity index (χ2v) is 5.27. The van der Waals surface area contributed by atoms with E-state index in [1.165, 1.54) is 17.7 Å². The Morgan fingerprint density at radius 3 is 2.89 bits per heavy atom. The lowest BCUT2D eigenvalue weighted by Crippen LogP contribution is -1.98. The first-order valence-corrected chi connectivity index (χ1v) is 6.87. The summed E-state index contributed by atoms with van der Waals surface area (Å²) in [5.74, 6) is 1.75. The van der Waals surface area contributed by atoms with Gasteiger partial charge in [0.25, 0.3) is 0 Å². The molecule has 0 aliphatic heterocycles. The molecule has 2 aromatic rings. The highest BCUT2D eigenvalue weighted by Gasteiger charge is 2.15. The molecule has 0 saturated heterocycles. The molecule has 4 heteroatoms. The van der Waals surface area contributed by atoms with Crippen molar-refractivity contribution in [3.8, 4) is 17.1 Å². The second kappa shape index (κ2) is 4.78. The number of hydrogen-bond acceptors (Lipinski definition) is 3. The smallest absolute Gasteiger partial charge is 0.139 e. The lowest BCUT2D eigenvalue weighted by atomic mass is 10.1. The van der Waals surface area contributed by atoms with Crippen LogP contribution in [0, 0.1) is 11.6 Å². The third kappa shape index (κ3) is 2.16. The average molecular weight is 272 g/mol. The highest BCUT2D eigenvalue weighted by molar-refractivity contribution is 7.71. The van der Waals surface area contributed by atoms with Crippen LogP contribution in [-0.4, -0.2) is 17.1 Å². The van der Waals surface area contributed by atoms with E-state index in [1.54, 1.807) is 7.11 Å². The number of nitrogens with one attached hydrogen (secondary N) is 1. The molecule has 1 heterocycles. The third-order valence-electron chi connectivity index (χ3n) is 3.63. The number of methoxy groups -OCH3 is 1. The van der Waals surface area contributed by atoms with E-state index in [2.05, 4.69) is 16.0 Å². The summed E-state index contributed by atoms with van der Waals surface area (Å²) < 4.78 is 6.03. The van der Waals surface area contributed by atoms with Gasteiger partial charge in [-0.1, -0.05) is 12.2 Å². The van der Waals surface area contributed by atoms with Crippen molar-refractivity contribution in [1.82, 2.24) is 9.97 Å². The van der Waals surface area contributed by atoms with E-state index in [4.69, 9.17) is 17.0 Å². The average Bonchev–Trinajstić information content (AvgIpc) is 2.87. The van der Waals surface area contributed by atoms with E-state index in [0.29, 0.717) is 0 Å². The first-order chi connectivity index (χ1) is 9.19. The van der Waals surface area contributed by atoms with Crippen LogP contribution in [-0.2, 0) is 12.8 Å². The number of hydrogen-bond donors (Lipinski definition) is 1. The van der Waals surface area contributed by atoms with Crippen molar-refractivity contribution in [1.29, 1.82) is 0 Å². The lowest BCUT2D eigenvalue weighted by Gasteiger charge is -2.09. The number of benzene rings is 1. The van der Waals surface area contributed by atoms with E-state index in [9.17, 15) is 0 Å². The summed E-state index contributed by atoms with van der Waals surface area (Å²) >= 11 is 5.39. The van der Waals surface area contributed by atoms with Crippen molar-refractivity contribution in [3.05, 3.63) is 39.7 Å². The van der Waals surface area contributed by atoms with Crippen LogP contribution in [0.4, 0.5) is 0 Å². The molecule has 1 aliphatic rings. The summed E-state index contributed by atoms with van der Waals surface area (Å²) in [7, 11) is 1.68. The van der Waals surface area contributed by atoms with Crippen molar-refractivity contribution in [3.63, 3.8) is 0 Å². The van der Waals surface area contributed by atoms with Gasteiger partial charge in [-0.3, -0.25) is 0 Å². The molecule has 0 fully saturated rings. The molecular formula is C15H16N2OS. The molecule has 3 nitrogen and oxygen atoms in total. The number of fused-ring (bicyclic) bond motifs is 1. The minimum absolute atomic E-state index is 0.745. The Kier molecular flexibility index (Phi) is 3.11. The maximum absolute atomic E-state index is 5.39. The molecular weight excluding hydrogens is 256 g/mol. The van der Waals surface area contributed by atoms with Gasteiger partial charge in [-0.05, 0) is 49.9 Å². The molecule has 19 heavy (non-hydrogen) atoms. The molecule has 0 bridgehead atoms. The number of aryl methyl sites for hydroxylation is 2. The number of nitrogens with zero attached hydrogens (tertiary/aromatic N) is 1. The molecule has 1 aliphatic carbocycles. The van der Waals surface area contributed by atoms with Gasteiger partial charge in [0.15, 0.2) is 0 Å². The van der Waals surface area contributed by atoms with Gasteiger partial charge in [0.2, 0.25) is 0 Å². The Morgan fingerprint density at radius 2 is 2.16 bits per heavy atom. The van der Waals surface area contributed by atoms with Crippen molar-refractivity contribution < 1.29 is 4.74 Å². The van der Waals surface area contributed by atoms with E-state index >= 15 is 0 Å². The first kappa shape index (κ1) is 12.4. The van der Waals surface area contributed by atoms with Gasteiger partial charge in [0.1, 0.15) is 16.2 Å². The van der Waals surface area contributed by atoms with E-state index in [0.717, 1.165) is 40.2 Å². The zero-order chi connectivity index (χ0) is 13.4. The Labute approximate surface area is 117 Å². The Balaban J connectivity index is 2.10. The SMILES string of the molecule is COc1ccc(-c2nc(=S)c3c([nH]2)CCC3)cc1C. The lowest BCUT2D eigenvalue weighted by molar-refractivity contribution is 0.412. The van der Waals surface area contributed by atoms with Crippen molar-refractivity contribution >= 4 is 12.2 Å². The molecule has 0 radical (unpaired) electrons. The van der Waals surface area contributed by atoms with Gasteiger partial charge in [0, 0.05) is 16.8 Å². The summed E-state index contributed by atoms with van der Waals surface area (Å²) in [5, 5.41) is 0. The minimum atomic E-state index is 0.745. The predicted molar refractivity (Wildman–Crippen MR) is 78.2 cm³/mol. The fraction of sp³-hybridized carbons (Fsp3) is 0.333. The second-order valence-electron chi connectivity index (χ2n) is 4.89. The maximum Gasteiger partial charge on any atom is 0.139 e. The van der Waals surface area contributed by atoms with Crippen molar-refractivity contribution in [2.75, 3.05) is 7.11 Å². The quantitative estimate of drug-likeness (QED) is 0.849. The van der Waals surface area contributed by atoms with Gasteiger partial charge in [0.05, 0.1) is 7.11 Å². The summed E-state index contributed by atoms with van der Waals surface area (Å²) in [6.45, 7) is 2.03. The Bertz CT molecular complexity index is 691. The fourth-order valence-electron chi connectivity index (χ4n) is 2.62. The predicted octanol–water partition coefficient (Wildman–Crippen LogP) is 3.61. The molecule has 0 amide bonds. The van der Waals surface area contributed by atoms with Crippen LogP contribution in [0.3, 0.4) is 0 Å². The maximum atomic E-state index is 5.39. The zero-order valence-corrected chi connectivity index (χ0v) is 11.9. The first-order valence-electron chi connectivity index (χ1n) is 6.46. The molecule has 0 atom stereocenters. The highest BCUT2D eigenvalue weighted by atomic mass is 32.1. The Hall–Kier alpha value is -1.68.